The van der Waals surface area contributed by atoms with Gasteiger partial charge in [0.2, 0.25) is 5.91 Å². The molecule has 1 saturated heterocycles. The normalized spacial score (nSPS) is 18.9. The molecule has 0 unspecified atom stereocenters. The van der Waals surface area contributed by atoms with Crippen molar-refractivity contribution in [3.8, 4) is 0 Å². The molecule has 0 bridgehead atoms. The van der Waals surface area contributed by atoms with Gasteiger partial charge in [0.15, 0.2) is 0 Å². The first-order valence-corrected chi connectivity index (χ1v) is 7.32. The summed E-state index contributed by atoms with van der Waals surface area (Å²) in [5.74, 6) is -0.395. The van der Waals surface area contributed by atoms with Gasteiger partial charge in [-0.15, -0.1) is 0 Å². The standard InChI is InChI=1S/C16H19N3O2/c17-15(20)10-12-6-3-4-8-19(12)16(21)14-9-11-5-1-2-7-13(11)18-14/h1-2,5,7,9,12,18H,3-4,6,8,10H2,(H2,17,20)/t12-/m1/s1. The zero-order chi connectivity index (χ0) is 14.8. The molecule has 5 nitrogen and oxygen atoms in total. The van der Waals surface area contributed by atoms with Gasteiger partial charge in [-0.05, 0) is 31.4 Å². The van der Waals surface area contributed by atoms with Crippen LogP contribution in [0.5, 0.6) is 0 Å². The number of amides is 2. The lowest BCUT2D eigenvalue weighted by Crippen LogP contribution is -2.45. The number of hydrogen-bond donors (Lipinski definition) is 2. The average molecular weight is 285 g/mol. The Morgan fingerprint density at radius 3 is 2.86 bits per heavy atom. The Morgan fingerprint density at radius 1 is 1.29 bits per heavy atom. The third-order valence-corrected chi connectivity index (χ3v) is 4.09. The van der Waals surface area contributed by atoms with Crippen LogP contribution in [-0.4, -0.2) is 34.3 Å². The molecular formula is C16H19N3O2. The first kappa shape index (κ1) is 13.7. The summed E-state index contributed by atoms with van der Waals surface area (Å²) in [5, 5.41) is 1.02. The number of carbonyl (C=O) groups excluding carboxylic acids is 2. The number of piperidine rings is 1. The maximum Gasteiger partial charge on any atom is 0.270 e. The van der Waals surface area contributed by atoms with Gasteiger partial charge in [0.25, 0.3) is 5.91 Å². The largest absolute Gasteiger partial charge is 0.370 e. The zero-order valence-electron chi connectivity index (χ0n) is 11.8. The highest BCUT2D eigenvalue weighted by atomic mass is 16.2. The van der Waals surface area contributed by atoms with Crippen molar-refractivity contribution in [3.05, 3.63) is 36.0 Å². The van der Waals surface area contributed by atoms with E-state index in [-0.39, 0.29) is 24.3 Å². The predicted octanol–water partition coefficient (Wildman–Crippen LogP) is 2.04. The number of nitrogens with one attached hydrogen (secondary N) is 1. The highest BCUT2D eigenvalue weighted by Gasteiger charge is 2.29. The van der Waals surface area contributed by atoms with E-state index in [0.717, 1.165) is 30.2 Å². The molecule has 0 spiro atoms. The van der Waals surface area contributed by atoms with Crippen LogP contribution in [0.2, 0.25) is 0 Å². The number of para-hydroxylation sites is 1. The fourth-order valence-electron chi connectivity index (χ4n) is 3.06. The van der Waals surface area contributed by atoms with Crippen molar-refractivity contribution in [1.82, 2.24) is 9.88 Å². The molecule has 3 N–H and O–H groups in total. The highest BCUT2D eigenvalue weighted by molar-refractivity contribution is 5.98. The fourth-order valence-corrected chi connectivity index (χ4v) is 3.06. The average Bonchev–Trinajstić information content (AvgIpc) is 2.90. The number of H-pyrrole nitrogens is 1. The molecule has 0 aliphatic carbocycles. The third-order valence-electron chi connectivity index (χ3n) is 4.09. The number of likely N-dealkylation sites (tertiary alicyclic amines) is 1. The summed E-state index contributed by atoms with van der Waals surface area (Å²) < 4.78 is 0. The molecule has 1 fully saturated rings. The van der Waals surface area contributed by atoms with E-state index in [1.807, 2.05) is 30.3 Å². The van der Waals surface area contributed by atoms with Crippen LogP contribution in [0, 0.1) is 0 Å². The lowest BCUT2D eigenvalue weighted by Gasteiger charge is -2.34. The molecule has 1 aromatic carbocycles. The van der Waals surface area contributed by atoms with E-state index in [0.29, 0.717) is 12.2 Å². The van der Waals surface area contributed by atoms with Gasteiger partial charge in [-0.2, -0.15) is 0 Å². The van der Waals surface area contributed by atoms with E-state index in [1.165, 1.54) is 0 Å². The maximum absolute atomic E-state index is 12.7. The minimum atomic E-state index is -0.351. The van der Waals surface area contributed by atoms with Gasteiger partial charge in [0.05, 0.1) is 0 Å². The third kappa shape index (κ3) is 2.77. The van der Waals surface area contributed by atoms with E-state index >= 15 is 0 Å². The van der Waals surface area contributed by atoms with Crippen molar-refractivity contribution < 1.29 is 9.59 Å². The van der Waals surface area contributed by atoms with Crippen LogP contribution in [0.4, 0.5) is 0 Å². The SMILES string of the molecule is NC(=O)C[C@H]1CCCCN1C(=O)c1cc2ccccc2[nH]1. The molecule has 2 amide bonds. The van der Waals surface area contributed by atoms with Gasteiger partial charge in [-0.3, -0.25) is 9.59 Å². The Kier molecular flexibility index (Phi) is 3.64. The van der Waals surface area contributed by atoms with Crippen LogP contribution in [0.15, 0.2) is 30.3 Å². The summed E-state index contributed by atoms with van der Waals surface area (Å²) in [6, 6.07) is 9.59. The molecule has 1 atom stereocenters. The number of aromatic amines is 1. The van der Waals surface area contributed by atoms with Crippen molar-refractivity contribution in [3.63, 3.8) is 0 Å². The van der Waals surface area contributed by atoms with Gasteiger partial charge in [-0.1, -0.05) is 18.2 Å². The Morgan fingerprint density at radius 2 is 2.10 bits per heavy atom. The molecule has 0 radical (unpaired) electrons. The molecule has 2 aromatic rings. The second-order valence-electron chi connectivity index (χ2n) is 5.59. The maximum atomic E-state index is 12.7. The van der Waals surface area contributed by atoms with E-state index in [4.69, 9.17) is 5.73 Å². The van der Waals surface area contributed by atoms with Crippen LogP contribution in [-0.2, 0) is 4.79 Å². The van der Waals surface area contributed by atoms with Crippen LogP contribution in [0.3, 0.4) is 0 Å². The van der Waals surface area contributed by atoms with E-state index < -0.39 is 0 Å². The molecule has 0 saturated carbocycles. The molecule has 21 heavy (non-hydrogen) atoms. The first-order chi connectivity index (χ1) is 10.1. The predicted molar refractivity (Wildman–Crippen MR) is 80.8 cm³/mol. The van der Waals surface area contributed by atoms with Crippen LogP contribution in [0.25, 0.3) is 10.9 Å². The van der Waals surface area contributed by atoms with Crippen molar-refractivity contribution >= 4 is 22.7 Å². The summed E-state index contributed by atoms with van der Waals surface area (Å²) in [6.07, 6.45) is 3.09. The van der Waals surface area contributed by atoms with Crippen LogP contribution < -0.4 is 5.73 Å². The van der Waals surface area contributed by atoms with Gasteiger partial charge in [0.1, 0.15) is 5.69 Å². The second kappa shape index (κ2) is 5.60. The fraction of sp³-hybridized carbons (Fsp3) is 0.375. The topological polar surface area (TPSA) is 79.2 Å². The number of nitrogens with two attached hydrogens (primary N) is 1. The molecule has 1 aliphatic heterocycles. The van der Waals surface area contributed by atoms with Gasteiger partial charge >= 0.3 is 0 Å². The second-order valence-corrected chi connectivity index (χ2v) is 5.59. The summed E-state index contributed by atoms with van der Waals surface area (Å²) in [7, 11) is 0. The number of carbonyl (C=O) groups is 2. The lowest BCUT2D eigenvalue weighted by atomic mass is 9.98. The molecule has 110 valence electrons. The molecule has 1 aromatic heterocycles. The minimum Gasteiger partial charge on any atom is -0.370 e. The molecule has 5 heteroatoms. The van der Waals surface area contributed by atoms with E-state index in [2.05, 4.69) is 4.98 Å². The number of hydrogen-bond acceptors (Lipinski definition) is 2. The zero-order valence-corrected chi connectivity index (χ0v) is 11.8. The Hall–Kier alpha value is -2.30. The number of fused-ring (bicyclic) bond motifs is 1. The van der Waals surface area contributed by atoms with Crippen LogP contribution >= 0.6 is 0 Å². The molecular weight excluding hydrogens is 266 g/mol. The molecule has 3 rings (SSSR count). The Bertz CT molecular complexity index is 644. The number of aromatic nitrogens is 1. The number of primary amides is 1. The van der Waals surface area contributed by atoms with Gasteiger partial charge in [-0.25, -0.2) is 0 Å². The highest BCUT2D eigenvalue weighted by Crippen LogP contribution is 2.23. The number of nitrogens with zero attached hydrogens (tertiary/aromatic N) is 1. The lowest BCUT2D eigenvalue weighted by molar-refractivity contribution is -0.119. The Labute approximate surface area is 123 Å². The van der Waals surface area contributed by atoms with Crippen molar-refractivity contribution in [2.45, 2.75) is 31.7 Å². The summed E-state index contributed by atoms with van der Waals surface area (Å²) >= 11 is 0. The van der Waals surface area contributed by atoms with Gasteiger partial charge < -0.3 is 15.6 Å². The van der Waals surface area contributed by atoms with Crippen molar-refractivity contribution in [2.75, 3.05) is 6.54 Å². The van der Waals surface area contributed by atoms with E-state index in [1.54, 1.807) is 4.90 Å². The summed E-state index contributed by atoms with van der Waals surface area (Å²) in [4.78, 5) is 28.8. The van der Waals surface area contributed by atoms with Crippen LogP contribution in [0.1, 0.15) is 36.2 Å². The van der Waals surface area contributed by atoms with E-state index in [9.17, 15) is 9.59 Å². The van der Waals surface area contributed by atoms with Crippen molar-refractivity contribution in [2.24, 2.45) is 5.73 Å². The quantitative estimate of drug-likeness (QED) is 0.905. The monoisotopic (exact) mass is 285 g/mol. The molecule has 2 heterocycles. The number of rotatable bonds is 3. The molecule has 1 aliphatic rings. The summed E-state index contributed by atoms with van der Waals surface area (Å²) in [5.41, 5.74) is 6.83. The smallest absolute Gasteiger partial charge is 0.270 e. The first-order valence-electron chi connectivity index (χ1n) is 7.32. The summed E-state index contributed by atoms with van der Waals surface area (Å²) in [6.45, 7) is 0.687. The minimum absolute atomic E-state index is 0.0443. The number of benzene rings is 1. The van der Waals surface area contributed by atoms with Crippen molar-refractivity contribution in [1.29, 1.82) is 0 Å². The Balaban J connectivity index is 1.86. The van der Waals surface area contributed by atoms with Gasteiger partial charge in [0, 0.05) is 29.9 Å².